The van der Waals surface area contributed by atoms with E-state index in [1.165, 1.54) is 0 Å². The van der Waals surface area contributed by atoms with Crippen molar-refractivity contribution in [2.24, 2.45) is 5.73 Å². The number of esters is 1. The maximum Gasteiger partial charge on any atom is 0.319 e. The number of nitrogens with two attached hydrogens (primary N) is 1. The Hall–Kier alpha value is -2.99. The quantitative estimate of drug-likeness (QED) is 0.434. The summed E-state index contributed by atoms with van der Waals surface area (Å²) in [6, 6.07) is 12.0. The molecule has 2 N–H and O–H groups in total. The molecule has 0 aliphatic carbocycles. The first-order valence-electron chi connectivity index (χ1n) is 9.06. The van der Waals surface area contributed by atoms with Gasteiger partial charge >= 0.3 is 5.97 Å². The number of carbonyl (C=O) groups is 1. The number of carbonyl (C=O) groups excluding carboxylic acids is 1. The predicted octanol–water partition coefficient (Wildman–Crippen LogP) is 2.17. The van der Waals surface area contributed by atoms with Crippen LogP contribution in [0.3, 0.4) is 0 Å². The van der Waals surface area contributed by atoms with E-state index in [1.54, 1.807) is 4.57 Å². The molecule has 2 aromatic heterocycles. The van der Waals surface area contributed by atoms with Crippen molar-refractivity contribution in [1.82, 2.24) is 9.55 Å². The Morgan fingerprint density at radius 2 is 2.15 bits per heavy atom. The Bertz CT molecular complexity index is 1100. The van der Waals surface area contributed by atoms with Crippen LogP contribution < -0.4 is 11.3 Å². The first-order valence-corrected chi connectivity index (χ1v) is 9.06. The van der Waals surface area contributed by atoms with Gasteiger partial charge in [-0.1, -0.05) is 18.2 Å². The van der Waals surface area contributed by atoms with Crippen LogP contribution in [-0.4, -0.2) is 28.7 Å². The van der Waals surface area contributed by atoms with Gasteiger partial charge in [-0.3, -0.25) is 9.59 Å². The first-order chi connectivity index (χ1) is 13.1. The zero-order valence-electron chi connectivity index (χ0n) is 15.2. The van der Waals surface area contributed by atoms with Crippen LogP contribution in [0.1, 0.15) is 23.1 Å². The van der Waals surface area contributed by atoms with Crippen LogP contribution in [0.5, 0.6) is 0 Å². The van der Waals surface area contributed by atoms with E-state index >= 15 is 0 Å². The van der Waals surface area contributed by atoms with E-state index in [4.69, 9.17) is 15.5 Å². The summed E-state index contributed by atoms with van der Waals surface area (Å²) in [6.07, 6.45) is 1.50. The number of rotatable bonds is 5. The highest BCUT2D eigenvalue weighted by Gasteiger charge is 2.22. The third-order valence-corrected chi connectivity index (χ3v) is 4.98. The second-order valence-corrected chi connectivity index (χ2v) is 6.80. The molecule has 0 saturated heterocycles. The van der Waals surface area contributed by atoms with Crippen LogP contribution in [0.4, 0.5) is 0 Å². The molecule has 0 spiro atoms. The highest BCUT2D eigenvalue weighted by Crippen LogP contribution is 2.32. The standard InChI is InChI=1S/C21H21N3O3/c1-13-7-8-18-20-15(12-24(18)21(13)26)10-16-14(4-2-6-17(16)23-20)5-3-9-27-19(25)11-22/h2,4,6-8,10H,3,5,9,11-12,22H2,1H3. The molecule has 0 saturated carbocycles. The number of aryl methyl sites for hydroxylation is 2. The number of benzene rings is 1. The molecule has 0 atom stereocenters. The zero-order chi connectivity index (χ0) is 19.0. The molecule has 138 valence electrons. The van der Waals surface area contributed by atoms with E-state index < -0.39 is 0 Å². The molecule has 1 aliphatic rings. The lowest BCUT2D eigenvalue weighted by molar-refractivity contribution is -0.141. The number of hydrogen-bond donors (Lipinski definition) is 1. The number of ether oxygens (including phenoxy) is 1. The normalized spacial score (nSPS) is 12.1. The van der Waals surface area contributed by atoms with Crippen LogP contribution in [0, 0.1) is 6.92 Å². The van der Waals surface area contributed by atoms with Crippen molar-refractivity contribution >= 4 is 16.9 Å². The Kier molecular flexibility index (Phi) is 4.49. The van der Waals surface area contributed by atoms with Gasteiger partial charge in [0.2, 0.25) is 0 Å². The number of fused-ring (bicyclic) bond motifs is 4. The Labute approximate surface area is 156 Å². The topological polar surface area (TPSA) is 87.2 Å². The minimum Gasteiger partial charge on any atom is -0.465 e. The maximum absolute atomic E-state index is 12.4. The van der Waals surface area contributed by atoms with E-state index in [9.17, 15) is 9.59 Å². The van der Waals surface area contributed by atoms with Crippen molar-refractivity contribution in [2.45, 2.75) is 26.3 Å². The highest BCUT2D eigenvalue weighted by atomic mass is 16.5. The molecule has 0 radical (unpaired) electrons. The predicted molar refractivity (Wildman–Crippen MR) is 104 cm³/mol. The van der Waals surface area contributed by atoms with Gasteiger partial charge in [0, 0.05) is 16.5 Å². The third-order valence-electron chi connectivity index (χ3n) is 4.98. The van der Waals surface area contributed by atoms with Gasteiger partial charge in [0.15, 0.2) is 0 Å². The molecule has 6 nitrogen and oxygen atoms in total. The summed E-state index contributed by atoms with van der Waals surface area (Å²) in [4.78, 5) is 28.4. The second-order valence-electron chi connectivity index (χ2n) is 6.80. The summed E-state index contributed by atoms with van der Waals surface area (Å²) in [6.45, 7) is 2.64. The molecule has 3 heterocycles. The molecule has 3 aromatic rings. The molecule has 1 aromatic carbocycles. The monoisotopic (exact) mass is 363 g/mol. The average molecular weight is 363 g/mol. The smallest absolute Gasteiger partial charge is 0.319 e. The Morgan fingerprint density at radius 1 is 1.30 bits per heavy atom. The van der Waals surface area contributed by atoms with Crippen LogP contribution in [0.25, 0.3) is 22.3 Å². The summed E-state index contributed by atoms with van der Waals surface area (Å²) in [5, 5.41) is 1.08. The van der Waals surface area contributed by atoms with Gasteiger partial charge in [0.25, 0.3) is 5.56 Å². The lowest BCUT2D eigenvalue weighted by atomic mass is 10.0. The molecule has 0 unspecified atom stereocenters. The van der Waals surface area contributed by atoms with Gasteiger partial charge in [-0.2, -0.15) is 0 Å². The largest absolute Gasteiger partial charge is 0.465 e. The molecule has 6 heteroatoms. The van der Waals surface area contributed by atoms with E-state index in [2.05, 4.69) is 12.1 Å². The first kappa shape index (κ1) is 17.4. The van der Waals surface area contributed by atoms with Crippen molar-refractivity contribution in [3.63, 3.8) is 0 Å². The molecule has 0 amide bonds. The van der Waals surface area contributed by atoms with E-state index in [0.29, 0.717) is 13.2 Å². The lowest BCUT2D eigenvalue weighted by Crippen LogP contribution is -2.20. The highest BCUT2D eigenvalue weighted by molar-refractivity contribution is 5.86. The summed E-state index contributed by atoms with van der Waals surface area (Å²) < 4.78 is 6.84. The fourth-order valence-corrected chi connectivity index (χ4v) is 3.59. The molecule has 4 rings (SSSR count). The van der Waals surface area contributed by atoms with Crippen molar-refractivity contribution in [3.8, 4) is 11.4 Å². The van der Waals surface area contributed by atoms with Gasteiger partial charge in [0.05, 0.1) is 36.6 Å². The third kappa shape index (κ3) is 3.13. The van der Waals surface area contributed by atoms with Gasteiger partial charge < -0.3 is 15.0 Å². The fourth-order valence-electron chi connectivity index (χ4n) is 3.59. The number of nitrogens with zero attached hydrogens (tertiary/aromatic N) is 2. The van der Waals surface area contributed by atoms with Gasteiger partial charge in [0.1, 0.15) is 0 Å². The SMILES string of the molecule is Cc1ccc2n(c1=O)Cc1cc3c(CCCOC(=O)CN)cccc3nc1-2. The summed E-state index contributed by atoms with van der Waals surface area (Å²) in [5.41, 5.74) is 10.9. The lowest BCUT2D eigenvalue weighted by Gasteiger charge is -2.09. The van der Waals surface area contributed by atoms with Crippen LogP contribution in [0.2, 0.25) is 0 Å². The van der Waals surface area contributed by atoms with Crippen LogP contribution in [-0.2, 0) is 22.5 Å². The summed E-state index contributed by atoms with van der Waals surface area (Å²) >= 11 is 0. The van der Waals surface area contributed by atoms with E-state index in [-0.39, 0.29) is 18.1 Å². The summed E-state index contributed by atoms with van der Waals surface area (Å²) in [5.74, 6) is -0.383. The molecule has 1 aliphatic heterocycles. The summed E-state index contributed by atoms with van der Waals surface area (Å²) in [7, 11) is 0. The van der Waals surface area contributed by atoms with Crippen molar-refractivity contribution in [2.75, 3.05) is 13.2 Å². The molecule has 0 bridgehead atoms. The maximum atomic E-state index is 12.4. The molecule has 0 fully saturated rings. The van der Waals surface area contributed by atoms with Crippen LogP contribution >= 0.6 is 0 Å². The minimum absolute atomic E-state index is 0.0384. The second kappa shape index (κ2) is 6.96. The van der Waals surface area contributed by atoms with Crippen molar-refractivity contribution in [1.29, 1.82) is 0 Å². The van der Waals surface area contributed by atoms with Crippen LogP contribution in [0.15, 0.2) is 41.2 Å². The Morgan fingerprint density at radius 3 is 2.96 bits per heavy atom. The Balaban J connectivity index is 1.65. The van der Waals surface area contributed by atoms with Gasteiger partial charge in [-0.25, -0.2) is 4.98 Å². The average Bonchev–Trinajstić information content (AvgIpc) is 3.04. The molecular formula is C21H21N3O3. The van der Waals surface area contributed by atoms with E-state index in [1.807, 2.05) is 31.2 Å². The number of pyridine rings is 2. The van der Waals surface area contributed by atoms with Crippen molar-refractivity contribution in [3.05, 3.63) is 63.4 Å². The minimum atomic E-state index is -0.383. The molecule has 27 heavy (non-hydrogen) atoms. The van der Waals surface area contributed by atoms with Gasteiger partial charge in [-0.15, -0.1) is 0 Å². The fraction of sp³-hybridized carbons (Fsp3) is 0.286. The molecular weight excluding hydrogens is 342 g/mol. The number of hydrogen-bond acceptors (Lipinski definition) is 5. The van der Waals surface area contributed by atoms with E-state index in [0.717, 1.165) is 51.8 Å². The van der Waals surface area contributed by atoms with Gasteiger partial charge in [-0.05, 0) is 43.5 Å². The number of aromatic nitrogens is 2. The zero-order valence-corrected chi connectivity index (χ0v) is 15.2. The van der Waals surface area contributed by atoms with Crippen molar-refractivity contribution < 1.29 is 9.53 Å².